The number of benzene rings is 2. The van der Waals surface area contributed by atoms with Gasteiger partial charge in [0.2, 0.25) is 5.91 Å². The van der Waals surface area contributed by atoms with Crippen molar-refractivity contribution in [2.24, 2.45) is 0 Å². The first-order chi connectivity index (χ1) is 11.7. The Labute approximate surface area is 143 Å². The van der Waals surface area contributed by atoms with Gasteiger partial charge in [0.15, 0.2) is 11.5 Å². The molecule has 2 aromatic carbocycles. The Hall–Kier alpha value is -2.53. The summed E-state index contributed by atoms with van der Waals surface area (Å²) in [4.78, 5) is 11.9. The van der Waals surface area contributed by atoms with Crippen LogP contribution >= 0.6 is 0 Å². The Morgan fingerprint density at radius 2 is 1.71 bits per heavy atom. The Balaban J connectivity index is 1.69. The monoisotopic (exact) mass is 328 g/mol. The lowest BCUT2D eigenvalue weighted by molar-refractivity contribution is -0.120. The van der Waals surface area contributed by atoms with Gasteiger partial charge < -0.3 is 20.1 Å². The summed E-state index contributed by atoms with van der Waals surface area (Å²) in [5, 5.41) is 6.04. The zero-order valence-electron chi connectivity index (χ0n) is 14.2. The van der Waals surface area contributed by atoms with E-state index in [2.05, 4.69) is 22.8 Å². The second-order valence-electron chi connectivity index (χ2n) is 5.38. The molecule has 0 aliphatic carbocycles. The maximum Gasteiger partial charge on any atom is 0.234 e. The molecule has 0 atom stereocenters. The molecule has 0 fully saturated rings. The van der Waals surface area contributed by atoms with Crippen LogP contribution in [0, 0.1) is 0 Å². The van der Waals surface area contributed by atoms with E-state index in [1.54, 1.807) is 14.2 Å². The first-order valence-electron chi connectivity index (χ1n) is 7.95. The first-order valence-corrected chi connectivity index (χ1v) is 7.95. The molecule has 24 heavy (non-hydrogen) atoms. The van der Waals surface area contributed by atoms with Crippen molar-refractivity contribution in [1.82, 2.24) is 10.6 Å². The van der Waals surface area contributed by atoms with Crippen LogP contribution in [-0.2, 0) is 17.8 Å². The molecule has 0 bridgehead atoms. The largest absolute Gasteiger partial charge is 0.493 e. The predicted octanol–water partition coefficient (Wildman–Crippen LogP) is 2.15. The predicted molar refractivity (Wildman–Crippen MR) is 94.4 cm³/mol. The molecule has 0 spiro atoms. The van der Waals surface area contributed by atoms with Crippen molar-refractivity contribution in [2.75, 3.05) is 27.3 Å². The SMILES string of the molecule is COc1ccc(CNC(=O)CNCCc2ccccc2)cc1OC. The van der Waals surface area contributed by atoms with E-state index in [0.29, 0.717) is 24.6 Å². The van der Waals surface area contributed by atoms with Crippen molar-refractivity contribution in [3.63, 3.8) is 0 Å². The van der Waals surface area contributed by atoms with Gasteiger partial charge in [0.1, 0.15) is 0 Å². The topological polar surface area (TPSA) is 59.6 Å². The van der Waals surface area contributed by atoms with Crippen LogP contribution in [0.15, 0.2) is 48.5 Å². The minimum absolute atomic E-state index is 0.0298. The highest BCUT2D eigenvalue weighted by Gasteiger charge is 2.06. The highest BCUT2D eigenvalue weighted by atomic mass is 16.5. The summed E-state index contributed by atoms with van der Waals surface area (Å²) in [7, 11) is 3.19. The fraction of sp³-hybridized carbons (Fsp3) is 0.316. The molecule has 0 heterocycles. The van der Waals surface area contributed by atoms with Crippen LogP contribution in [0.4, 0.5) is 0 Å². The fourth-order valence-electron chi connectivity index (χ4n) is 2.33. The van der Waals surface area contributed by atoms with Gasteiger partial charge in [-0.2, -0.15) is 0 Å². The Morgan fingerprint density at radius 1 is 0.958 bits per heavy atom. The van der Waals surface area contributed by atoms with E-state index in [9.17, 15) is 4.79 Å². The average Bonchev–Trinajstić information content (AvgIpc) is 2.64. The lowest BCUT2D eigenvalue weighted by atomic mass is 10.1. The van der Waals surface area contributed by atoms with E-state index in [4.69, 9.17) is 9.47 Å². The molecule has 0 radical (unpaired) electrons. The number of rotatable bonds is 9. The Kier molecular flexibility index (Phi) is 7.11. The summed E-state index contributed by atoms with van der Waals surface area (Å²) < 4.78 is 10.5. The first kappa shape index (κ1) is 17.8. The van der Waals surface area contributed by atoms with Gasteiger partial charge in [-0.15, -0.1) is 0 Å². The molecule has 2 N–H and O–H groups in total. The highest BCUT2D eigenvalue weighted by molar-refractivity contribution is 5.78. The van der Waals surface area contributed by atoms with Crippen molar-refractivity contribution in [2.45, 2.75) is 13.0 Å². The van der Waals surface area contributed by atoms with Gasteiger partial charge in [-0.25, -0.2) is 0 Å². The third kappa shape index (κ3) is 5.59. The maximum atomic E-state index is 11.9. The molecular formula is C19H24N2O3. The third-order valence-electron chi connectivity index (χ3n) is 3.66. The van der Waals surface area contributed by atoms with Gasteiger partial charge in [0.25, 0.3) is 0 Å². The number of carbonyl (C=O) groups is 1. The molecular weight excluding hydrogens is 304 g/mol. The summed E-state index contributed by atoms with van der Waals surface area (Å²) in [5.74, 6) is 1.30. The van der Waals surface area contributed by atoms with Crippen molar-refractivity contribution in [3.8, 4) is 11.5 Å². The minimum Gasteiger partial charge on any atom is -0.493 e. The van der Waals surface area contributed by atoms with Crippen LogP contribution in [0.5, 0.6) is 11.5 Å². The zero-order chi connectivity index (χ0) is 17.2. The molecule has 2 rings (SSSR count). The molecule has 5 heteroatoms. The Bertz CT molecular complexity index is 644. The van der Waals surface area contributed by atoms with E-state index in [1.807, 2.05) is 36.4 Å². The van der Waals surface area contributed by atoms with Crippen LogP contribution in [0.25, 0.3) is 0 Å². The second kappa shape index (κ2) is 9.57. The number of amides is 1. The van der Waals surface area contributed by atoms with Gasteiger partial charge in [-0.3, -0.25) is 4.79 Å². The van der Waals surface area contributed by atoms with E-state index in [0.717, 1.165) is 18.5 Å². The van der Waals surface area contributed by atoms with Crippen molar-refractivity contribution in [3.05, 3.63) is 59.7 Å². The molecule has 1 amide bonds. The summed E-state index contributed by atoms with van der Waals surface area (Å²) in [6.07, 6.45) is 0.907. The van der Waals surface area contributed by atoms with E-state index >= 15 is 0 Å². The molecule has 0 saturated carbocycles. The van der Waals surface area contributed by atoms with Crippen molar-refractivity contribution in [1.29, 1.82) is 0 Å². The van der Waals surface area contributed by atoms with Gasteiger partial charge in [0.05, 0.1) is 20.8 Å². The van der Waals surface area contributed by atoms with Crippen molar-refractivity contribution >= 4 is 5.91 Å². The number of carbonyl (C=O) groups excluding carboxylic acids is 1. The normalized spacial score (nSPS) is 10.2. The number of hydrogen-bond donors (Lipinski definition) is 2. The average molecular weight is 328 g/mol. The number of methoxy groups -OCH3 is 2. The number of hydrogen-bond acceptors (Lipinski definition) is 4. The summed E-state index contributed by atoms with van der Waals surface area (Å²) in [6, 6.07) is 15.8. The lowest BCUT2D eigenvalue weighted by Gasteiger charge is -2.10. The molecule has 128 valence electrons. The fourth-order valence-corrected chi connectivity index (χ4v) is 2.33. The molecule has 0 aliphatic heterocycles. The summed E-state index contributed by atoms with van der Waals surface area (Å²) in [5.41, 5.74) is 2.22. The minimum atomic E-state index is -0.0298. The van der Waals surface area contributed by atoms with Crippen LogP contribution in [0.2, 0.25) is 0 Å². The molecule has 0 aromatic heterocycles. The van der Waals surface area contributed by atoms with Crippen LogP contribution in [0.3, 0.4) is 0 Å². The number of ether oxygens (including phenoxy) is 2. The number of nitrogens with one attached hydrogen (secondary N) is 2. The summed E-state index contributed by atoms with van der Waals surface area (Å²) in [6.45, 7) is 1.54. The smallest absolute Gasteiger partial charge is 0.234 e. The standard InChI is InChI=1S/C19H24N2O3/c1-23-17-9-8-16(12-18(17)24-2)13-21-19(22)14-20-11-10-15-6-4-3-5-7-15/h3-9,12,20H,10-11,13-14H2,1-2H3,(H,21,22). The van der Waals surface area contributed by atoms with E-state index in [1.165, 1.54) is 5.56 Å². The lowest BCUT2D eigenvalue weighted by Crippen LogP contribution is -2.34. The van der Waals surface area contributed by atoms with E-state index in [-0.39, 0.29) is 5.91 Å². The molecule has 5 nitrogen and oxygen atoms in total. The van der Waals surface area contributed by atoms with Crippen LogP contribution < -0.4 is 20.1 Å². The van der Waals surface area contributed by atoms with E-state index < -0.39 is 0 Å². The van der Waals surface area contributed by atoms with Crippen LogP contribution in [0.1, 0.15) is 11.1 Å². The molecule has 2 aromatic rings. The van der Waals surface area contributed by atoms with Gasteiger partial charge in [-0.05, 0) is 36.2 Å². The quantitative estimate of drug-likeness (QED) is 0.693. The Morgan fingerprint density at radius 3 is 2.42 bits per heavy atom. The van der Waals surface area contributed by atoms with Crippen molar-refractivity contribution < 1.29 is 14.3 Å². The molecule has 0 unspecified atom stereocenters. The van der Waals surface area contributed by atoms with Gasteiger partial charge in [-0.1, -0.05) is 36.4 Å². The van der Waals surface area contributed by atoms with Gasteiger partial charge in [0, 0.05) is 6.54 Å². The molecule has 0 aliphatic rings. The highest BCUT2D eigenvalue weighted by Crippen LogP contribution is 2.27. The third-order valence-corrected chi connectivity index (χ3v) is 3.66. The zero-order valence-corrected chi connectivity index (χ0v) is 14.2. The molecule has 0 saturated heterocycles. The van der Waals surface area contributed by atoms with Gasteiger partial charge >= 0.3 is 0 Å². The second-order valence-corrected chi connectivity index (χ2v) is 5.38. The maximum absolute atomic E-state index is 11.9. The summed E-state index contributed by atoms with van der Waals surface area (Å²) >= 11 is 0. The van der Waals surface area contributed by atoms with Crippen LogP contribution in [-0.4, -0.2) is 33.2 Å².